The average Bonchev–Trinajstić information content (AvgIpc) is 1.66. The lowest BCUT2D eigenvalue weighted by Crippen LogP contribution is -2.61. The number of anilines is 6. The number of ether oxygens (including phenoxy) is 1. The number of carbonyl (C=O) groups excluding carboxylic acids is 8. The lowest BCUT2D eigenvalue weighted by molar-refractivity contribution is -0.137. The summed E-state index contributed by atoms with van der Waals surface area (Å²) in [7, 11) is 1.54. The molecule has 29 nitrogen and oxygen atoms in total. The van der Waals surface area contributed by atoms with E-state index in [0.717, 1.165) is 87.0 Å². The van der Waals surface area contributed by atoms with Gasteiger partial charge < -0.3 is 56.5 Å². The Morgan fingerprint density at radius 1 is 0.664 bits per heavy atom. The number of nitrogens with two attached hydrogens (primary N) is 2. The molecule has 13 heterocycles. The van der Waals surface area contributed by atoms with Crippen molar-refractivity contribution in [3.63, 3.8) is 0 Å². The van der Waals surface area contributed by atoms with Crippen LogP contribution >= 0.6 is 23.2 Å². The second-order valence-corrected chi connectivity index (χ2v) is 31.1. The smallest absolute Gasteiger partial charge is 0.256 e. The third-order valence-corrected chi connectivity index (χ3v) is 23.4. The van der Waals surface area contributed by atoms with Crippen molar-refractivity contribution >= 4 is 117 Å². The SMILES string of the molecule is CNC(=O)CCC(C=O)N1Cc2cc(CN3CC4(CCN(c5nc(-c6ccc(C(=O)Nc7cc(Cl)cc(-c8cn9c(N%10CCC%11(CC%10)CN(CCOc%10ccc%12c(c%10)CN(C%10CCC(=O)NC%10=O)C%12=O)C%11)nc(-c%10ccc(C(=O)Nc%11cc(Cl)ccn%11)cc%10F)c9c(N)n8)n7)cc6F)c6c(N)nccn56)CC4)C3)ccc2C1=O. The van der Waals surface area contributed by atoms with E-state index in [-0.39, 0.29) is 146 Å². The van der Waals surface area contributed by atoms with E-state index in [9.17, 15) is 38.4 Å². The quantitative estimate of drug-likeness (QED) is 0.0289. The maximum absolute atomic E-state index is 16.8. The summed E-state index contributed by atoms with van der Waals surface area (Å²) in [4.78, 5) is 143. The highest BCUT2D eigenvalue weighted by Gasteiger charge is 2.48. The maximum Gasteiger partial charge on any atom is 0.256 e. The first-order chi connectivity index (χ1) is 54.5. The van der Waals surface area contributed by atoms with E-state index in [2.05, 4.69) is 50.8 Å². The minimum Gasteiger partial charge on any atom is -0.492 e. The van der Waals surface area contributed by atoms with Gasteiger partial charge >= 0.3 is 0 Å². The zero-order valence-corrected chi connectivity index (χ0v) is 62.7. The van der Waals surface area contributed by atoms with Crippen LogP contribution in [0.25, 0.3) is 44.9 Å². The first-order valence-electron chi connectivity index (χ1n) is 37.3. The highest BCUT2D eigenvalue weighted by atomic mass is 35.5. The van der Waals surface area contributed by atoms with Crippen LogP contribution in [0.15, 0.2) is 122 Å². The first-order valence-corrected chi connectivity index (χ1v) is 38.1. The van der Waals surface area contributed by atoms with Gasteiger partial charge in [0, 0.05) is 167 Å². The van der Waals surface area contributed by atoms with Crippen molar-refractivity contribution < 1.29 is 51.9 Å². The van der Waals surface area contributed by atoms with Gasteiger partial charge in [-0.1, -0.05) is 35.3 Å². The molecule has 17 rings (SSSR count). The molecule has 5 saturated heterocycles. The van der Waals surface area contributed by atoms with Gasteiger partial charge in [0.25, 0.3) is 23.6 Å². The average molecular weight is 1570 g/mol. The lowest BCUT2D eigenvalue weighted by Gasteiger charge is -2.54. The molecule has 0 radical (unpaired) electrons. The number of fused-ring (bicyclic) bond motifs is 4. The van der Waals surface area contributed by atoms with Gasteiger partial charge in [0.15, 0.2) is 5.82 Å². The number of nitrogens with zero attached hydrogens (tertiary/aromatic N) is 14. The largest absolute Gasteiger partial charge is 0.492 e. The number of imide groups is 1. The van der Waals surface area contributed by atoms with E-state index in [1.165, 1.54) is 54.5 Å². The molecule has 7 aliphatic heterocycles. The van der Waals surface area contributed by atoms with Crippen molar-refractivity contribution in [3.05, 3.63) is 182 Å². The summed E-state index contributed by atoms with van der Waals surface area (Å²) in [6.07, 6.45) is 11.3. The van der Waals surface area contributed by atoms with Crippen LogP contribution in [0.1, 0.15) is 109 Å². The van der Waals surface area contributed by atoms with E-state index in [1.807, 2.05) is 28.7 Å². The molecule has 7 amide bonds. The number of nitrogen functional groups attached to an aromatic ring is 2. The molecule has 578 valence electrons. The van der Waals surface area contributed by atoms with Crippen LogP contribution in [0.2, 0.25) is 10.0 Å². The Kier molecular flexibility index (Phi) is 19.3. The number of aldehydes is 1. The number of pyridine rings is 2. The monoisotopic (exact) mass is 1570 g/mol. The molecule has 7 aliphatic rings. The van der Waals surface area contributed by atoms with Gasteiger partial charge in [-0.3, -0.25) is 57.5 Å². The maximum atomic E-state index is 16.8. The van der Waals surface area contributed by atoms with E-state index < -0.39 is 41.4 Å². The number of hydrogen-bond acceptors (Lipinski definition) is 21. The van der Waals surface area contributed by atoms with Gasteiger partial charge in [0.2, 0.25) is 29.6 Å². The number of amides is 7. The molecule has 0 bridgehead atoms. The molecule has 2 atom stereocenters. The molecule has 10 aromatic rings. The molecule has 2 unspecified atom stereocenters. The van der Waals surface area contributed by atoms with Gasteiger partial charge in [0.05, 0.1) is 11.7 Å². The van der Waals surface area contributed by atoms with Gasteiger partial charge in [-0.05, 0) is 151 Å². The normalized spacial score (nSPS) is 18.2. The van der Waals surface area contributed by atoms with Crippen molar-refractivity contribution in [2.75, 3.05) is 104 Å². The highest BCUT2D eigenvalue weighted by molar-refractivity contribution is 6.31. The number of aromatic nitrogens is 8. The second-order valence-electron chi connectivity index (χ2n) is 30.2. The van der Waals surface area contributed by atoms with E-state index in [4.69, 9.17) is 59.3 Å². The third kappa shape index (κ3) is 14.2. The summed E-state index contributed by atoms with van der Waals surface area (Å²) < 4.78 is 43.3. The van der Waals surface area contributed by atoms with Crippen LogP contribution in [0.3, 0.4) is 0 Å². The van der Waals surface area contributed by atoms with Gasteiger partial charge in [0.1, 0.15) is 81.9 Å². The van der Waals surface area contributed by atoms with Crippen molar-refractivity contribution in [3.8, 4) is 39.7 Å². The Morgan fingerprint density at radius 2 is 1.28 bits per heavy atom. The molecule has 33 heteroatoms. The summed E-state index contributed by atoms with van der Waals surface area (Å²) in [6.45, 7) is 8.18. The second kappa shape index (κ2) is 29.6. The van der Waals surface area contributed by atoms with Crippen LogP contribution < -0.4 is 47.3 Å². The van der Waals surface area contributed by atoms with Crippen LogP contribution in [0, 0.1) is 22.5 Å². The molecule has 113 heavy (non-hydrogen) atoms. The zero-order valence-electron chi connectivity index (χ0n) is 61.2. The minimum absolute atomic E-state index is 0.00394. The number of rotatable bonds is 21. The van der Waals surface area contributed by atoms with Crippen LogP contribution in [-0.4, -0.2) is 191 Å². The molecule has 2 spiro atoms. The lowest BCUT2D eigenvalue weighted by atomic mass is 9.72. The molecular formula is C80H76Cl2F2N20O9. The summed E-state index contributed by atoms with van der Waals surface area (Å²) in [5.41, 5.74) is 18.9. The van der Waals surface area contributed by atoms with Crippen LogP contribution in [-0.2, 0) is 38.8 Å². The molecule has 0 saturated carbocycles. The Balaban J connectivity index is 0.564. The van der Waals surface area contributed by atoms with Crippen molar-refractivity contribution in [1.82, 2.24) is 68.9 Å². The van der Waals surface area contributed by atoms with E-state index in [0.29, 0.717) is 91.7 Å². The number of benzene rings is 4. The summed E-state index contributed by atoms with van der Waals surface area (Å²) in [5.74, 6) is -2.42. The van der Waals surface area contributed by atoms with Gasteiger partial charge in [-0.2, -0.15) is 0 Å². The molecule has 5 fully saturated rings. The standard InChI is InChI=1S/C80H76Cl2F2N20O9/c1-87-64(106)12-5-51(39-105)102-36-47-28-44(2-7-53(47)75(102)111)35-98-42-80(43-98)17-21-99(22-18-80)77-95-66(68-70(85)89-20-25-101(68)77)55-8-4-46(31-57(55)83)73(109)93-63-34-50(82)32-59(90-63)60-38-104-69(71(86)91-60)67(56-9-3-45(30-58(56)84)72(108)92-62-33-49(81)14-19-88-62)96-78(104)100-23-15-79(16-24-100)40-97(41-79)26-27-113-52-6-10-54-48(29-52)37-103(76(54)112)61-11-13-65(107)94-74(61)110/h2-4,6-10,14,19-20,25,28-34,38-39,51,61H,5,11-13,15-18,21-24,26-27,35-37,40-43H2,1H3,(H2,85,89)(H2,86,91)(H,87,106)(H,88,92,108)(H,90,93,109)(H,94,107,110). The zero-order chi connectivity index (χ0) is 78.3. The molecular weight excluding hydrogens is 1490 g/mol. The number of piperidine rings is 3. The van der Waals surface area contributed by atoms with Crippen LogP contribution in [0.5, 0.6) is 5.75 Å². The Hall–Kier alpha value is -12.1. The summed E-state index contributed by atoms with van der Waals surface area (Å²) in [6, 6.07) is 23.9. The Labute approximate surface area is 655 Å². The third-order valence-electron chi connectivity index (χ3n) is 23.0. The van der Waals surface area contributed by atoms with E-state index in [1.54, 1.807) is 52.2 Å². The highest BCUT2D eigenvalue weighted by Crippen LogP contribution is 2.46. The molecule has 0 aliphatic carbocycles. The fourth-order valence-electron chi connectivity index (χ4n) is 17.1. The number of hydrogen-bond donors (Lipinski definition) is 6. The summed E-state index contributed by atoms with van der Waals surface area (Å²) >= 11 is 13.0. The summed E-state index contributed by atoms with van der Waals surface area (Å²) in [5, 5.41) is 10.8. The predicted octanol–water partition coefficient (Wildman–Crippen LogP) is 8.71. The van der Waals surface area contributed by atoms with E-state index >= 15 is 8.78 Å². The number of halogens is 4. The number of nitrogens with one attached hydrogen (secondary N) is 4. The van der Waals surface area contributed by atoms with Crippen molar-refractivity contribution in [2.45, 2.75) is 83.1 Å². The molecule has 8 N–H and O–H groups in total. The minimum atomic E-state index is -0.764. The van der Waals surface area contributed by atoms with Crippen molar-refractivity contribution in [1.29, 1.82) is 0 Å². The number of imidazole rings is 2. The Bertz CT molecular complexity index is 5610. The number of likely N-dealkylation sites (tertiary alicyclic amines) is 2. The molecule has 6 aromatic heterocycles. The van der Waals surface area contributed by atoms with Gasteiger partial charge in [-0.25, -0.2) is 38.7 Å². The Morgan fingerprint density at radius 3 is 1.94 bits per heavy atom. The van der Waals surface area contributed by atoms with Crippen molar-refractivity contribution in [2.24, 2.45) is 10.8 Å². The van der Waals surface area contributed by atoms with Gasteiger partial charge in [-0.15, -0.1) is 0 Å². The fraction of sp³-hybridized carbons (Fsp3) is 0.325. The predicted molar refractivity (Wildman–Crippen MR) is 416 cm³/mol. The topological polar surface area (TPSA) is 352 Å². The van der Waals surface area contributed by atoms with Crippen LogP contribution in [0.4, 0.5) is 43.9 Å². The number of carbonyl (C=O) groups is 8. The first kappa shape index (κ1) is 73.7. The molecule has 4 aromatic carbocycles. The fourth-order valence-corrected chi connectivity index (χ4v) is 17.4.